The molecule has 2 rings (SSSR count). The van der Waals surface area contributed by atoms with Crippen molar-refractivity contribution in [3.8, 4) is 0 Å². The molecule has 1 fully saturated rings. The number of rotatable bonds is 2. The highest BCUT2D eigenvalue weighted by Crippen LogP contribution is 2.28. The molecule has 1 amide bonds. The Balaban J connectivity index is 0.00000180. The first-order valence-corrected chi connectivity index (χ1v) is 6.75. The fraction of sp³-hybridized carbons (Fsp3) is 0.500. The standard InChI is InChI=1S/C14H19ClN2O.ClH/c1-10-9-11(15)5-6-12(10)17-13(18)14(16)7-3-2-4-8-14;/h5-6,9H,2-4,7-8,16H2,1H3,(H,17,18);1H. The van der Waals surface area contributed by atoms with Gasteiger partial charge in [-0.15, -0.1) is 12.4 Å². The Bertz CT molecular complexity index is 457. The van der Waals surface area contributed by atoms with E-state index in [-0.39, 0.29) is 18.3 Å². The molecule has 0 atom stereocenters. The highest BCUT2D eigenvalue weighted by molar-refractivity contribution is 6.30. The van der Waals surface area contributed by atoms with Crippen LogP contribution in [0.25, 0.3) is 0 Å². The zero-order chi connectivity index (χ0) is 13.2. The average Bonchev–Trinajstić information content (AvgIpc) is 2.33. The van der Waals surface area contributed by atoms with Crippen LogP contribution < -0.4 is 11.1 Å². The van der Waals surface area contributed by atoms with Crippen molar-refractivity contribution >= 4 is 35.6 Å². The molecule has 0 aromatic heterocycles. The zero-order valence-corrected chi connectivity index (χ0v) is 12.6. The van der Waals surface area contributed by atoms with Gasteiger partial charge in [0.2, 0.25) is 5.91 Å². The lowest BCUT2D eigenvalue weighted by molar-refractivity contribution is -0.122. The van der Waals surface area contributed by atoms with Gasteiger partial charge in [0, 0.05) is 10.7 Å². The fourth-order valence-corrected chi connectivity index (χ4v) is 2.65. The molecule has 0 aliphatic heterocycles. The van der Waals surface area contributed by atoms with E-state index in [9.17, 15) is 4.79 Å². The molecule has 106 valence electrons. The number of aryl methyl sites for hydroxylation is 1. The van der Waals surface area contributed by atoms with Gasteiger partial charge in [-0.1, -0.05) is 30.9 Å². The van der Waals surface area contributed by atoms with E-state index in [0.717, 1.165) is 36.9 Å². The van der Waals surface area contributed by atoms with Crippen molar-refractivity contribution in [2.45, 2.75) is 44.6 Å². The van der Waals surface area contributed by atoms with Gasteiger partial charge in [-0.3, -0.25) is 4.79 Å². The summed E-state index contributed by atoms with van der Waals surface area (Å²) in [6.07, 6.45) is 4.77. The number of benzene rings is 1. The lowest BCUT2D eigenvalue weighted by Crippen LogP contribution is -2.52. The number of nitrogens with one attached hydrogen (secondary N) is 1. The van der Waals surface area contributed by atoms with Gasteiger partial charge < -0.3 is 11.1 Å². The van der Waals surface area contributed by atoms with E-state index in [4.69, 9.17) is 17.3 Å². The van der Waals surface area contributed by atoms with Gasteiger partial charge in [-0.25, -0.2) is 0 Å². The molecule has 1 aromatic rings. The first-order valence-electron chi connectivity index (χ1n) is 6.38. The third-order valence-corrected chi connectivity index (χ3v) is 3.87. The van der Waals surface area contributed by atoms with Crippen LogP contribution in [0.3, 0.4) is 0 Å². The molecule has 19 heavy (non-hydrogen) atoms. The normalized spacial score (nSPS) is 17.4. The summed E-state index contributed by atoms with van der Waals surface area (Å²) in [6, 6.07) is 5.43. The Labute approximate surface area is 125 Å². The maximum Gasteiger partial charge on any atom is 0.244 e. The minimum absolute atomic E-state index is 0. The van der Waals surface area contributed by atoms with Crippen molar-refractivity contribution in [2.24, 2.45) is 5.73 Å². The molecule has 3 nitrogen and oxygen atoms in total. The van der Waals surface area contributed by atoms with Gasteiger partial charge in [-0.05, 0) is 43.5 Å². The van der Waals surface area contributed by atoms with Gasteiger partial charge >= 0.3 is 0 Å². The van der Waals surface area contributed by atoms with Gasteiger partial charge in [0.1, 0.15) is 0 Å². The Morgan fingerprint density at radius 3 is 2.53 bits per heavy atom. The third kappa shape index (κ3) is 3.85. The van der Waals surface area contributed by atoms with Crippen LogP contribution in [-0.4, -0.2) is 11.4 Å². The first-order chi connectivity index (χ1) is 8.51. The number of nitrogens with two attached hydrogens (primary N) is 1. The van der Waals surface area contributed by atoms with E-state index in [1.807, 2.05) is 19.1 Å². The molecule has 0 bridgehead atoms. The Hall–Kier alpha value is -0.770. The lowest BCUT2D eigenvalue weighted by atomic mass is 9.82. The molecule has 0 spiro atoms. The molecule has 1 aliphatic rings. The van der Waals surface area contributed by atoms with E-state index >= 15 is 0 Å². The van der Waals surface area contributed by atoms with Crippen molar-refractivity contribution in [1.29, 1.82) is 0 Å². The molecular formula is C14H20Cl2N2O. The number of halogens is 2. The number of carbonyl (C=O) groups is 1. The number of hydrogen-bond acceptors (Lipinski definition) is 2. The van der Waals surface area contributed by atoms with Gasteiger partial charge in [0.15, 0.2) is 0 Å². The van der Waals surface area contributed by atoms with Crippen LogP contribution >= 0.6 is 24.0 Å². The van der Waals surface area contributed by atoms with Gasteiger partial charge in [0.25, 0.3) is 0 Å². The molecule has 3 N–H and O–H groups in total. The van der Waals surface area contributed by atoms with E-state index in [2.05, 4.69) is 5.32 Å². The predicted octanol–water partition coefficient (Wildman–Crippen LogP) is 3.67. The van der Waals surface area contributed by atoms with Crippen LogP contribution in [0, 0.1) is 6.92 Å². The summed E-state index contributed by atoms with van der Waals surface area (Å²) >= 11 is 5.89. The van der Waals surface area contributed by atoms with E-state index in [0.29, 0.717) is 5.02 Å². The number of hydrogen-bond donors (Lipinski definition) is 2. The van der Waals surface area contributed by atoms with Crippen LogP contribution in [0.2, 0.25) is 5.02 Å². The summed E-state index contributed by atoms with van der Waals surface area (Å²) < 4.78 is 0. The summed E-state index contributed by atoms with van der Waals surface area (Å²) in [5, 5.41) is 3.60. The van der Waals surface area contributed by atoms with Crippen molar-refractivity contribution in [3.63, 3.8) is 0 Å². The summed E-state index contributed by atoms with van der Waals surface area (Å²) in [6.45, 7) is 1.92. The topological polar surface area (TPSA) is 55.1 Å². The molecular weight excluding hydrogens is 283 g/mol. The Morgan fingerprint density at radius 2 is 1.95 bits per heavy atom. The molecule has 1 aliphatic carbocycles. The van der Waals surface area contributed by atoms with Crippen LogP contribution in [0.4, 0.5) is 5.69 Å². The summed E-state index contributed by atoms with van der Waals surface area (Å²) in [7, 11) is 0. The second kappa shape index (κ2) is 6.60. The monoisotopic (exact) mass is 302 g/mol. The van der Waals surface area contributed by atoms with Crippen molar-refractivity contribution in [3.05, 3.63) is 28.8 Å². The highest BCUT2D eigenvalue weighted by Gasteiger charge is 2.35. The molecule has 0 radical (unpaired) electrons. The second-order valence-corrected chi connectivity index (χ2v) is 5.57. The maximum atomic E-state index is 12.3. The van der Waals surface area contributed by atoms with Gasteiger partial charge in [-0.2, -0.15) is 0 Å². The molecule has 0 saturated heterocycles. The molecule has 1 saturated carbocycles. The fourth-order valence-electron chi connectivity index (χ4n) is 2.42. The Morgan fingerprint density at radius 1 is 1.32 bits per heavy atom. The number of anilines is 1. The molecule has 0 unspecified atom stereocenters. The zero-order valence-electron chi connectivity index (χ0n) is 11.0. The Kier molecular flexibility index (Phi) is 5.65. The van der Waals surface area contributed by atoms with Gasteiger partial charge in [0.05, 0.1) is 5.54 Å². The van der Waals surface area contributed by atoms with Crippen molar-refractivity contribution < 1.29 is 4.79 Å². The van der Waals surface area contributed by atoms with Crippen LogP contribution in [0.1, 0.15) is 37.7 Å². The predicted molar refractivity (Wildman–Crippen MR) is 82.1 cm³/mol. The van der Waals surface area contributed by atoms with Crippen molar-refractivity contribution in [1.82, 2.24) is 0 Å². The number of carbonyl (C=O) groups excluding carboxylic acids is 1. The first kappa shape index (κ1) is 16.3. The minimum atomic E-state index is -0.704. The maximum absolute atomic E-state index is 12.3. The quantitative estimate of drug-likeness (QED) is 0.876. The number of amides is 1. The van der Waals surface area contributed by atoms with Crippen LogP contribution in [0.15, 0.2) is 18.2 Å². The summed E-state index contributed by atoms with van der Waals surface area (Å²) in [5.41, 5.74) is 7.23. The van der Waals surface area contributed by atoms with Crippen LogP contribution in [0.5, 0.6) is 0 Å². The average molecular weight is 303 g/mol. The van der Waals surface area contributed by atoms with Crippen LogP contribution in [-0.2, 0) is 4.79 Å². The summed E-state index contributed by atoms with van der Waals surface area (Å²) in [4.78, 5) is 12.3. The molecule has 5 heteroatoms. The SMILES string of the molecule is Cc1cc(Cl)ccc1NC(=O)C1(N)CCCCC1.Cl. The third-order valence-electron chi connectivity index (χ3n) is 3.63. The molecule has 0 heterocycles. The minimum Gasteiger partial charge on any atom is -0.324 e. The largest absolute Gasteiger partial charge is 0.324 e. The van der Waals surface area contributed by atoms with E-state index < -0.39 is 5.54 Å². The second-order valence-electron chi connectivity index (χ2n) is 5.13. The smallest absolute Gasteiger partial charge is 0.244 e. The van der Waals surface area contributed by atoms with E-state index in [1.165, 1.54) is 6.42 Å². The van der Waals surface area contributed by atoms with E-state index in [1.54, 1.807) is 6.07 Å². The summed E-state index contributed by atoms with van der Waals surface area (Å²) in [5.74, 6) is -0.0763. The lowest BCUT2D eigenvalue weighted by Gasteiger charge is -2.32. The highest BCUT2D eigenvalue weighted by atomic mass is 35.5. The molecule has 1 aromatic carbocycles. The van der Waals surface area contributed by atoms with Crippen molar-refractivity contribution in [2.75, 3.05) is 5.32 Å².